The Morgan fingerprint density at radius 2 is 1.67 bits per heavy atom. The lowest BCUT2D eigenvalue weighted by Crippen LogP contribution is -2.21. The molecule has 0 aliphatic heterocycles. The molecule has 10 heteroatoms. The van der Waals surface area contributed by atoms with Crippen molar-refractivity contribution in [1.29, 1.82) is 0 Å². The zero-order chi connectivity index (χ0) is 32.0. The molecule has 0 fully saturated rings. The molecule has 6 rings (SSSR count). The van der Waals surface area contributed by atoms with Gasteiger partial charge in [-0.2, -0.15) is 10.1 Å². The Hall–Kier alpha value is -5.41. The van der Waals surface area contributed by atoms with Crippen LogP contribution in [0.15, 0.2) is 97.2 Å². The van der Waals surface area contributed by atoms with Gasteiger partial charge in [0.2, 0.25) is 11.8 Å². The molecular formula is C36H34ClN7O2. The molecule has 0 bridgehead atoms. The van der Waals surface area contributed by atoms with Crippen molar-refractivity contribution >= 4 is 51.5 Å². The van der Waals surface area contributed by atoms with Gasteiger partial charge in [-0.3, -0.25) is 5.32 Å². The molecule has 232 valence electrons. The number of aromatic nitrogens is 4. The maximum Gasteiger partial charge on any atom is 0.324 e. The Morgan fingerprint density at radius 3 is 2.46 bits per heavy atom. The average Bonchev–Trinajstić information content (AvgIpc) is 3.45. The number of hydrogen-bond donors (Lipinski definition) is 3. The first kappa shape index (κ1) is 30.6. The number of halogens is 1. The fourth-order valence-corrected chi connectivity index (χ4v) is 5.31. The molecule has 2 aromatic heterocycles. The zero-order valence-corrected chi connectivity index (χ0v) is 26.6. The number of nitrogens with zero attached hydrogens (tertiary/aromatic N) is 4. The summed E-state index contributed by atoms with van der Waals surface area (Å²) >= 11 is 6.10. The molecular weight excluding hydrogens is 598 g/mol. The topological polar surface area (TPSA) is 106 Å². The molecule has 2 heterocycles. The van der Waals surface area contributed by atoms with Gasteiger partial charge in [0.05, 0.1) is 17.1 Å². The first-order valence-corrected chi connectivity index (χ1v) is 15.5. The number of carbonyl (C=O) groups is 1. The van der Waals surface area contributed by atoms with Gasteiger partial charge in [-0.25, -0.2) is 14.5 Å². The van der Waals surface area contributed by atoms with Crippen LogP contribution in [0.1, 0.15) is 36.6 Å². The van der Waals surface area contributed by atoms with Gasteiger partial charge in [0, 0.05) is 39.8 Å². The lowest BCUT2D eigenvalue weighted by Gasteiger charge is -2.14. The molecule has 0 saturated heterocycles. The number of aryl methyl sites for hydroxylation is 3. The van der Waals surface area contributed by atoms with Gasteiger partial charge in [-0.1, -0.05) is 66.9 Å². The van der Waals surface area contributed by atoms with E-state index in [0.29, 0.717) is 34.1 Å². The summed E-state index contributed by atoms with van der Waals surface area (Å²) in [5.74, 6) is 1.95. The fourth-order valence-electron chi connectivity index (χ4n) is 5.08. The lowest BCUT2D eigenvalue weighted by molar-refractivity contribution is 0.262. The highest BCUT2D eigenvalue weighted by Gasteiger charge is 2.15. The van der Waals surface area contributed by atoms with E-state index in [9.17, 15) is 4.79 Å². The number of amides is 2. The maximum absolute atomic E-state index is 13.4. The van der Waals surface area contributed by atoms with Gasteiger partial charge in [-0.05, 0) is 74.7 Å². The number of urea groups is 1. The van der Waals surface area contributed by atoms with Crippen LogP contribution in [0.25, 0.3) is 16.5 Å². The van der Waals surface area contributed by atoms with Gasteiger partial charge in [-0.15, -0.1) is 0 Å². The Bertz CT molecular complexity index is 2010. The van der Waals surface area contributed by atoms with Crippen LogP contribution < -0.4 is 20.7 Å². The number of rotatable bonds is 10. The van der Waals surface area contributed by atoms with E-state index in [0.717, 1.165) is 58.2 Å². The third-order valence-corrected chi connectivity index (χ3v) is 7.71. The van der Waals surface area contributed by atoms with Gasteiger partial charge in [0.15, 0.2) is 0 Å². The van der Waals surface area contributed by atoms with Crippen molar-refractivity contribution < 1.29 is 9.53 Å². The number of ether oxygens (including phenoxy) is 1. The van der Waals surface area contributed by atoms with E-state index >= 15 is 0 Å². The quantitative estimate of drug-likeness (QED) is 0.139. The fraction of sp³-hybridized carbons (Fsp3) is 0.167. The zero-order valence-electron chi connectivity index (χ0n) is 25.8. The Balaban J connectivity index is 1.21. The summed E-state index contributed by atoms with van der Waals surface area (Å²) in [5, 5.41) is 16.3. The highest BCUT2D eigenvalue weighted by Crippen LogP contribution is 2.34. The molecule has 0 aliphatic rings. The first-order chi connectivity index (χ1) is 22.4. The van der Waals surface area contributed by atoms with Crippen LogP contribution in [-0.4, -0.2) is 25.8 Å². The second-order valence-electron chi connectivity index (χ2n) is 11.0. The summed E-state index contributed by atoms with van der Waals surface area (Å²) in [6.07, 6.45) is 4.55. The van der Waals surface area contributed by atoms with Gasteiger partial charge in [0.25, 0.3) is 0 Å². The highest BCUT2D eigenvalue weighted by atomic mass is 35.5. The summed E-state index contributed by atoms with van der Waals surface area (Å²) < 4.78 is 8.01. The number of fused-ring (bicyclic) bond motifs is 1. The predicted molar refractivity (Wildman–Crippen MR) is 185 cm³/mol. The average molecular weight is 632 g/mol. The minimum Gasteiger partial charge on any atom is -0.438 e. The van der Waals surface area contributed by atoms with Crippen LogP contribution in [0.2, 0.25) is 5.02 Å². The maximum atomic E-state index is 13.4. The second-order valence-corrected chi connectivity index (χ2v) is 11.4. The number of nitrogens with one attached hydrogen (secondary N) is 3. The summed E-state index contributed by atoms with van der Waals surface area (Å²) in [6.45, 7) is 6.15. The lowest BCUT2D eigenvalue weighted by atomic mass is 10.1. The summed E-state index contributed by atoms with van der Waals surface area (Å²) in [7, 11) is 0. The van der Waals surface area contributed by atoms with Crippen molar-refractivity contribution in [3.8, 4) is 17.3 Å². The van der Waals surface area contributed by atoms with E-state index < -0.39 is 0 Å². The van der Waals surface area contributed by atoms with Crippen LogP contribution in [0.5, 0.6) is 11.6 Å². The van der Waals surface area contributed by atoms with Crippen LogP contribution in [0, 0.1) is 13.8 Å². The van der Waals surface area contributed by atoms with E-state index in [1.165, 1.54) is 0 Å². The van der Waals surface area contributed by atoms with Crippen molar-refractivity contribution in [3.63, 3.8) is 0 Å². The molecule has 0 radical (unpaired) electrons. The minimum atomic E-state index is -0.377. The van der Waals surface area contributed by atoms with E-state index in [-0.39, 0.29) is 6.03 Å². The molecule has 9 nitrogen and oxygen atoms in total. The van der Waals surface area contributed by atoms with E-state index in [1.54, 1.807) is 16.9 Å². The molecule has 4 aromatic carbocycles. The second kappa shape index (κ2) is 13.7. The number of hydrogen-bond acceptors (Lipinski definition) is 6. The summed E-state index contributed by atoms with van der Waals surface area (Å²) in [4.78, 5) is 22.2. The van der Waals surface area contributed by atoms with Crippen molar-refractivity contribution in [2.45, 2.75) is 40.0 Å². The van der Waals surface area contributed by atoms with Crippen LogP contribution in [0.3, 0.4) is 0 Å². The third kappa shape index (κ3) is 7.11. The van der Waals surface area contributed by atoms with Gasteiger partial charge >= 0.3 is 6.03 Å². The van der Waals surface area contributed by atoms with Crippen LogP contribution >= 0.6 is 11.6 Å². The van der Waals surface area contributed by atoms with Crippen LogP contribution in [-0.2, 0) is 6.42 Å². The van der Waals surface area contributed by atoms with Crippen molar-refractivity contribution in [1.82, 2.24) is 19.7 Å². The Morgan fingerprint density at radius 1 is 0.891 bits per heavy atom. The van der Waals surface area contributed by atoms with Crippen molar-refractivity contribution in [2.24, 2.45) is 0 Å². The van der Waals surface area contributed by atoms with E-state index in [1.807, 2.05) is 98.8 Å². The molecule has 2 amide bonds. The molecule has 46 heavy (non-hydrogen) atoms. The highest BCUT2D eigenvalue weighted by molar-refractivity contribution is 6.30. The third-order valence-electron chi connectivity index (χ3n) is 7.48. The number of benzene rings is 4. The van der Waals surface area contributed by atoms with Crippen LogP contribution in [0.4, 0.5) is 27.9 Å². The van der Waals surface area contributed by atoms with E-state index in [4.69, 9.17) is 21.4 Å². The van der Waals surface area contributed by atoms with Gasteiger partial charge in [0.1, 0.15) is 11.6 Å². The molecule has 0 unspecified atom stereocenters. The first-order valence-electron chi connectivity index (χ1n) is 15.2. The predicted octanol–water partition coefficient (Wildman–Crippen LogP) is 9.61. The van der Waals surface area contributed by atoms with Crippen molar-refractivity contribution in [2.75, 3.05) is 16.0 Å². The number of unbranched alkanes of at least 4 members (excludes halogenated alkanes) is 1. The largest absolute Gasteiger partial charge is 0.438 e. The van der Waals surface area contributed by atoms with Gasteiger partial charge < -0.3 is 15.4 Å². The number of carbonyl (C=O) groups excluding carboxylic acids is 1. The number of anilines is 4. The molecule has 0 spiro atoms. The SMILES string of the molecule is CCCCc1cc(NC(=O)Nc2ccc(Oc3ccnc(Nc4ccc(Cl)cc4C)n3)c3ccccc23)n(-c2ccc(C)cc2)n1. The monoisotopic (exact) mass is 631 g/mol. The smallest absolute Gasteiger partial charge is 0.324 e. The molecule has 0 atom stereocenters. The molecule has 3 N–H and O–H groups in total. The molecule has 0 saturated carbocycles. The van der Waals surface area contributed by atoms with Crippen molar-refractivity contribution in [3.05, 3.63) is 119 Å². The summed E-state index contributed by atoms with van der Waals surface area (Å²) in [6, 6.07) is 28.2. The standard InChI is InChI=1S/C36H34ClN7O2/c1-4-5-8-26-22-33(44(43-26)27-14-11-23(2)12-15-27)41-36(45)40-31-17-18-32(29-10-7-6-9-28(29)31)46-34-19-20-38-35(42-34)39-30-16-13-25(37)21-24(30)3/h6-7,9-22H,4-5,8H2,1-3H3,(H,38,39,42)(H2,40,41,45). The van der Waals surface area contributed by atoms with E-state index in [2.05, 4.69) is 32.8 Å². The Labute approximate surface area is 272 Å². The minimum absolute atomic E-state index is 0.371. The Kier molecular flexibility index (Phi) is 9.12. The molecule has 6 aromatic rings. The molecule has 0 aliphatic carbocycles. The summed E-state index contributed by atoms with van der Waals surface area (Å²) in [5.41, 5.74) is 5.41. The normalized spacial score (nSPS) is 11.0.